The van der Waals surface area contributed by atoms with E-state index in [4.69, 9.17) is 4.74 Å². The van der Waals surface area contributed by atoms with E-state index in [9.17, 15) is 9.90 Å². The fraction of sp³-hybridized carbons (Fsp3) is 0.925. The molecule has 0 bridgehead atoms. The molecule has 5 aliphatic rings. The zero-order valence-electron chi connectivity index (χ0n) is 29.6. The predicted octanol–water partition coefficient (Wildman–Crippen LogP) is 10.8. The van der Waals surface area contributed by atoms with Gasteiger partial charge in [-0.25, -0.2) is 0 Å². The molecule has 5 aliphatic carbocycles. The van der Waals surface area contributed by atoms with Gasteiger partial charge in [0.05, 0.1) is 0 Å². The van der Waals surface area contributed by atoms with Crippen molar-refractivity contribution in [2.75, 3.05) is 6.61 Å². The first kappa shape index (κ1) is 33.5. The molecule has 1 N–H and O–H groups in total. The highest BCUT2D eigenvalue weighted by Crippen LogP contribution is 2.75. The van der Waals surface area contributed by atoms with Crippen LogP contribution in [0.2, 0.25) is 0 Å². The second-order valence-corrected chi connectivity index (χ2v) is 18.4. The number of allylic oxidation sites excluding steroid dienone is 2. The van der Waals surface area contributed by atoms with E-state index < -0.39 is 0 Å². The minimum Gasteiger partial charge on any atom is -0.462 e. The van der Waals surface area contributed by atoms with Gasteiger partial charge in [-0.1, -0.05) is 106 Å². The van der Waals surface area contributed by atoms with Crippen LogP contribution < -0.4 is 0 Å². The molecule has 8 atom stereocenters. The van der Waals surface area contributed by atoms with Gasteiger partial charge < -0.3 is 9.84 Å². The van der Waals surface area contributed by atoms with Gasteiger partial charge in [0.15, 0.2) is 0 Å². The Balaban J connectivity index is 1.30. The second-order valence-electron chi connectivity index (χ2n) is 18.4. The summed E-state index contributed by atoms with van der Waals surface area (Å²) >= 11 is 0. The Morgan fingerprint density at radius 2 is 1.51 bits per heavy atom. The van der Waals surface area contributed by atoms with Crippen LogP contribution in [-0.2, 0) is 9.53 Å². The lowest BCUT2D eigenvalue weighted by molar-refractivity contribution is -0.213. The highest BCUT2D eigenvalue weighted by Gasteiger charge is 2.68. The monoisotopic (exact) mass is 597 g/mol. The Kier molecular flexibility index (Phi) is 9.42. The average Bonchev–Trinajstić information content (AvgIpc) is 2.94. The molecule has 0 spiro atoms. The molecule has 5 rings (SSSR count). The van der Waals surface area contributed by atoms with Crippen molar-refractivity contribution in [2.24, 2.45) is 50.2 Å². The van der Waals surface area contributed by atoms with E-state index in [1.807, 2.05) is 0 Å². The first-order chi connectivity index (χ1) is 20.2. The molecular formula is C40H68O3. The van der Waals surface area contributed by atoms with E-state index in [0.717, 1.165) is 19.3 Å². The summed E-state index contributed by atoms with van der Waals surface area (Å²) in [6.45, 7) is 20.3. The molecule has 43 heavy (non-hydrogen) atoms. The molecule has 0 amide bonds. The van der Waals surface area contributed by atoms with Gasteiger partial charge in [-0.05, 0) is 110 Å². The molecule has 4 saturated carbocycles. The first-order valence-corrected chi connectivity index (χ1v) is 18.7. The Hall–Kier alpha value is -0.830. The number of carbonyl (C=O) groups is 1. The molecule has 3 nitrogen and oxygen atoms in total. The van der Waals surface area contributed by atoms with Crippen LogP contribution in [0.1, 0.15) is 171 Å². The van der Waals surface area contributed by atoms with Gasteiger partial charge in [-0.15, -0.1) is 0 Å². The average molecular weight is 597 g/mol. The van der Waals surface area contributed by atoms with Crippen molar-refractivity contribution in [2.45, 2.75) is 177 Å². The molecule has 0 unspecified atom stereocenters. The lowest BCUT2D eigenvalue weighted by atomic mass is 9.33. The highest BCUT2D eigenvalue weighted by atomic mass is 16.5. The fourth-order valence-corrected chi connectivity index (χ4v) is 12.3. The van der Waals surface area contributed by atoms with Crippen LogP contribution in [0.3, 0.4) is 0 Å². The Labute approximate surface area is 265 Å². The van der Waals surface area contributed by atoms with Crippen molar-refractivity contribution in [1.29, 1.82) is 0 Å². The van der Waals surface area contributed by atoms with E-state index >= 15 is 0 Å². The summed E-state index contributed by atoms with van der Waals surface area (Å²) in [6.07, 6.45) is 23.9. The van der Waals surface area contributed by atoms with Crippen LogP contribution in [-0.4, -0.2) is 23.8 Å². The number of hydrogen-bond acceptors (Lipinski definition) is 3. The maximum Gasteiger partial charge on any atom is 0.306 e. The maximum absolute atomic E-state index is 13.0. The van der Waals surface area contributed by atoms with Gasteiger partial charge in [-0.3, -0.25) is 4.79 Å². The number of hydrogen-bond donors (Lipinski definition) is 1. The minimum atomic E-state index is 0.00103. The van der Waals surface area contributed by atoms with Gasteiger partial charge >= 0.3 is 5.97 Å². The predicted molar refractivity (Wildman–Crippen MR) is 179 cm³/mol. The van der Waals surface area contributed by atoms with Crippen molar-refractivity contribution in [3.63, 3.8) is 0 Å². The van der Waals surface area contributed by atoms with Gasteiger partial charge in [0.1, 0.15) is 6.10 Å². The van der Waals surface area contributed by atoms with Crippen molar-refractivity contribution >= 4 is 5.97 Å². The highest BCUT2D eigenvalue weighted by molar-refractivity contribution is 5.69. The standard InChI is InChI=1S/C40H68O3/c1-9-10-11-12-13-14-15-16-34(42)43-33-20-21-37(6)31(36(33,4)5)19-22-39(8)32(37)18-17-29-30-27-35(2,3)23-25-40(30,28-41)26-24-38(29,39)7/h17,30-33,41H,9-16,18-28H2,1-8H3/t30-,31+,32-,33-,37-,38+,39+,40+/m0/s1. The molecule has 0 aromatic heterocycles. The van der Waals surface area contributed by atoms with E-state index in [1.165, 1.54) is 89.9 Å². The lowest BCUT2D eigenvalue weighted by Crippen LogP contribution is -2.65. The molecule has 0 radical (unpaired) electrons. The van der Waals surface area contributed by atoms with Gasteiger partial charge in [0.25, 0.3) is 0 Å². The lowest BCUT2D eigenvalue weighted by Gasteiger charge is -2.71. The Morgan fingerprint density at radius 1 is 0.837 bits per heavy atom. The summed E-state index contributed by atoms with van der Waals surface area (Å²) in [6, 6.07) is 0. The zero-order chi connectivity index (χ0) is 31.3. The first-order valence-electron chi connectivity index (χ1n) is 18.7. The summed E-state index contributed by atoms with van der Waals surface area (Å²) in [7, 11) is 0. The molecule has 4 fully saturated rings. The van der Waals surface area contributed by atoms with Crippen LogP contribution in [0.15, 0.2) is 11.6 Å². The molecule has 0 saturated heterocycles. The number of ether oxygens (including phenoxy) is 1. The topological polar surface area (TPSA) is 46.5 Å². The van der Waals surface area contributed by atoms with E-state index in [-0.39, 0.29) is 39.1 Å². The normalized spacial score (nSPS) is 43.0. The number of esters is 1. The quantitative estimate of drug-likeness (QED) is 0.155. The summed E-state index contributed by atoms with van der Waals surface area (Å²) in [5, 5.41) is 10.8. The van der Waals surface area contributed by atoms with Crippen molar-refractivity contribution in [3.8, 4) is 0 Å². The number of aliphatic hydroxyl groups is 1. The van der Waals surface area contributed by atoms with Crippen LogP contribution in [0.4, 0.5) is 0 Å². The number of unbranched alkanes of at least 4 members (excludes halogenated alkanes) is 6. The molecule has 0 aromatic rings. The Bertz CT molecular complexity index is 1040. The van der Waals surface area contributed by atoms with Crippen LogP contribution in [0.5, 0.6) is 0 Å². The maximum atomic E-state index is 13.0. The number of fused-ring (bicyclic) bond motifs is 7. The van der Waals surface area contributed by atoms with Gasteiger partial charge in [0.2, 0.25) is 0 Å². The smallest absolute Gasteiger partial charge is 0.306 e. The Morgan fingerprint density at radius 3 is 2.21 bits per heavy atom. The molecule has 246 valence electrons. The third-order valence-electron chi connectivity index (χ3n) is 15.3. The summed E-state index contributed by atoms with van der Waals surface area (Å²) in [4.78, 5) is 13.0. The summed E-state index contributed by atoms with van der Waals surface area (Å²) in [5.41, 5.74) is 2.95. The fourth-order valence-electron chi connectivity index (χ4n) is 12.3. The summed E-state index contributed by atoms with van der Waals surface area (Å²) < 4.78 is 6.34. The van der Waals surface area contributed by atoms with E-state index in [0.29, 0.717) is 36.2 Å². The van der Waals surface area contributed by atoms with E-state index in [2.05, 4.69) is 61.5 Å². The van der Waals surface area contributed by atoms with Crippen molar-refractivity contribution in [1.82, 2.24) is 0 Å². The number of carbonyl (C=O) groups excluding carboxylic acids is 1. The molecule has 0 aliphatic heterocycles. The molecule has 3 heteroatoms. The SMILES string of the molecule is CCCCCCCCCC(=O)O[C@H]1CC[C@@]2(C)[C@H](CC[C@]3(C)[C@H]2CC=C2[C@@H]4CC(C)(C)CC[C@]4(CO)CC[C@]23C)C1(C)C. The van der Waals surface area contributed by atoms with Crippen LogP contribution in [0.25, 0.3) is 0 Å². The molecular weight excluding hydrogens is 528 g/mol. The third-order valence-corrected chi connectivity index (χ3v) is 15.3. The van der Waals surface area contributed by atoms with Gasteiger partial charge in [-0.2, -0.15) is 0 Å². The van der Waals surface area contributed by atoms with E-state index in [1.54, 1.807) is 5.57 Å². The molecule has 0 heterocycles. The van der Waals surface area contributed by atoms with Crippen LogP contribution >= 0.6 is 0 Å². The minimum absolute atomic E-state index is 0.00103. The number of rotatable bonds is 10. The van der Waals surface area contributed by atoms with Crippen LogP contribution in [0, 0.1) is 50.2 Å². The molecule has 0 aromatic carbocycles. The van der Waals surface area contributed by atoms with Crippen molar-refractivity contribution in [3.05, 3.63) is 11.6 Å². The zero-order valence-corrected chi connectivity index (χ0v) is 29.6. The second kappa shape index (κ2) is 12.1. The largest absolute Gasteiger partial charge is 0.462 e. The van der Waals surface area contributed by atoms with Gasteiger partial charge in [0, 0.05) is 23.9 Å². The number of aliphatic hydroxyl groups excluding tert-OH is 1. The third kappa shape index (κ3) is 5.60. The summed E-state index contributed by atoms with van der Waals surface area (Å²) in [5.74, 6) is 1.81. The van der Waals surface area contributed by atoms with Crippen molar-refractivity contribution < 1.29 is 14.6 Å².